The molecule has 22 heavy (non-hydrogen) atoms. The minimum absolute atomic E-state index is 0.707. The lowest BCUT2D eigenvalue weighted by molar-refractivity contribution is -0.275. The third kappa shape index (κ3) is 4.82. The Kier molecular flexibility index (Phi) is 4.89. The van der Waals surface area contributed by atoms with Crippen molar-refractivity contribution in [1.29, 1.82) is 0 Å². The third-order valence-corrected chi connectivity index (χ3v) is 2.24. The second-order valence-corrected chi connectivity index (χ2v) is 3.83. The van der Waals surface area contributed by atoms with E-state index in [0.717, 1.165) is 23.5 Å². The fourth-order valence-corrected chi connectivity index (χ4v) is 1.42. The van der Waals surface area contributed by atoms with Crippen LogP contribution in [0.15, 0.2) is 24.3 Å². The number of ether oxygens (including phenoxy) is 1. The van der Waals surface area contributed by atoms with Gasteiger partial charge >= 0.3 is 24.4 Å². The van der Waals surface area contributed by atoms with Gasteiger partial charge in [0.05, 0.1) is 0 Å². The van der Waals surface area contributed by atoms with Crippen molar-refractivity contribution in [2.24, 2.45) is 0 Å². The lowest BCUT2D eigenvalue weighted by atomic mass is 10.1. The number of carbonyl (C=O) groups is 2. The molecule has 1 aromatic carbocycles. The van der Waals surface area contributed by atoms with Crippen molar-refractivity contribution in [3.05, 3.63) is 29.8 Å². The Morgan fingerprint density at radius 2 is 1.64 bits per heavy atom. The first-order chi connectivity index (χ1) is 9.92. The summed E-state index contributed by atoms with van der Waals surface area (Å²) in [7, 11) is 0. The summed E-state index contributed by atoms with van der Waals surface area (Å²) in [5.41, 5.74) is -0.787. The van der Waals surface area contributed by atoms with Crippen LogP contribution >= 0.6 is 0 Å². The van der Waals surface area contributed by atoms with Crippen LogP contribution in [0, 0.1) is 0 Å². The van der Waals surface area contributed by atoms with Crippen LogP contribution in [-0.4, -0.2) is 29.5 Å². The molecule has 0 saturated heterocycles. The van der Waals surface area contributed by atoms with Crippen LogP contribution in [0.4, 0.5) is 26.3 Å². The van der Waals surface area contributed by atoms with Crippen molar-refractivity contribution >= 4 is 11.9 Å². The molecule has 1 rings (SSSR count). The summed E-state index contributed by atoms with van der Waals surface area (Å²) in [6, 6.07) is 1.26. The average molecular weight is 331 g/mol. The first kappa shape index (κ1) is 17.6. The summed E-state index contributed by atoms with van der Waals surface area (Å²) < 4.78 is 76.6. The number of halogens is 6. The molecule has 0 spiro atoms. The van der Waals surface area contributed by atoms with Crippen LogP contribution in [0.5, 0.6) is 5.75 Å². The highest BCUT2D eigenvalue weighted by atomic mass is 19.4. The molecule has 0 aromatic heterocycles. The Balaban J connectivity index is 3.18. The van der Waals surface area contributed by atoms with Crippen LogP contribution in [0.3, 0.4) is 0 Å². The quantitative estimate of drug-likeness (QED) is 0.831. The molecular weight excluding hydrogens is 324 g/mol. The first-order valence-corrected chi connectivity index (χ1v) is 5.37. The number of hydrogen-bond acceptors (Lipinski definition) is 3. The summed E-state index contributed by atoms with van der Waals surface area (Å²) in [5.74, 6) is -5.64. The molecule has 0 radical (unpaired) electrons. The molecular formula is C11H7F6NO4. The summed E-state index contributed by atoms with van der Waals surface area (Å²) in [6.45, 7) is 0. The second kappa shape index (κ2) is 6.12. The van der Waals surface area contributed by atoms with Gasteiger partial charge in [-0.15, -0.1) is 13.2 Å². The highest BCUT2D eigenvalue weighted by molar-refractivity contribution is 5.88. The largest absolute Gasteiger partial charge is 0.573 e. The van der Waals surface area contributed by atoms with Crippen LogP contribution in [0.25, 0.3) is 0 Å². The number of hydrogen-bond donors (Lipinski definition) is 2. The Labute approximate surface area is 118 Å². The molecule has 5 nitrogen and oxygen atoms in total. The van der Waals surface area contributed by atoms with Crippen molar-refractivity contribution in [3.63, 3.8) is 0 Å². The predicted molar refractivity (Wildman–Crippen MR) is 57.7 cm³/mol. The molecule has 0 aliphatic rings. The van der Waals surface area contributed by atoms with Crippen molar-refractivity contribution < 1.29 is 45.8 Å². The number of nitrogens with one attached hydrogen (secondary N) is 1. The van der Waals surface area contributed by atoms with Gasteiger partial charge < -0.3 is 15.2 Å². The normalized spacial score (nSPS) is 13.4. The van der Waals surface area contributed by atoms with E-state index in [4.69, 9.17) is 5.11 Å². The van der Waals surface area contributed by atoms with E-state index in [1.807, 2.05) is 0 Å². The molecule has 0 bridgehead atoms. The number of rotatable bonds is 4. The van der Waals surface area contributed by atoms with Crippen LogP contribution in [-0.2, 0) is 9.59 Å². The summed E-state index contributed by atoms with van der Waals surface area (Å²) in [5, 5.41) is 9.93. The van der Waals surface area contributed by atoms with E-state index in [2.05, 4.69) is 4.74 Å². The van der Waals surface area contributed by atoms with Crippen LogP contribution in [0.1, 0.15) is 11.6 Å². The molecule has 2 N–H and O–H groups in total. The summed E-state index contributed by atoms with van der Waals surface area (Å²) in [6.07, 6.45) is -10.6. The smallest absolute Gasteiger partial charge is 0.479 e. The predicted octanol–water partition coefficient (Wildman–Crippen LogP) is 2.39. The van der Waals surface area contributed by atoms with E-state index >= 15 is 0 Å². The van der Waals surface area contributed by atoms with Crippen molar-refractivity contribution in [1.82, 2.24) is 5.32 Å². The maximum absolute atomic E-state index is 12.2. The van der Waals surface area contributed by atoms with Gasteiger partial charge in [0.15, 0.2) is 6.04 Å². The van der Waals surface area contributed by atoms with Gasteiger partial charge in [-0.2, -0.15) is 13.2 Å². The standard InChI is InChI=1S/C11H7F6NO4/c12-10(13,14)9(21)18-7(8(19)20)5-3-1-2-4-6(5)22-11(15,16)17/h1-4,7H,(H,18,21)(H,19,20). The Hall–Kier alpha value is -2.46. The van der Waals surface area contributed by atoms with Gasteiger partial charge in [-0.1, -0.05) is 18.2 Å². The first-order valence-electron chi connectivity index (χ1n) is 5.37. The maximum Gasteiger partial charge on any atom is 0.573 e. The molecule has 1 atom stereocenters. The van der Waals surface area contributed by atoms with Gasteiger partial charge in [0.2, 0.25) is 0 Å². The van der Waals surface area contributed by atoms with Gasteiger partial charge in [0.1, 0.15) is 5.75 Å². The summed E-state index contributed by atoms with van der Waals surface area (Å²) in [4.78, 5) is 21.7. The fourth-order valence-electron chi connectivity index (χ4n) is 1.42. The number of alkyl halides is 6. The number of aliphatic carboxylic acids is 1. The number of benzene rings is 1. The molecule has 1 unspecified atom stereocenters. The zero-order valence-electron chi connectivity index (χ0n) is 10.3. The number of carboxylic acids is 1. The molecule has 11 heteroatoms. The van der Waals surface area contributed by atoms with E-state index in [9.17, 15) is 35.9 Å². The van der Waals surface area contributed by atoms with Crippen molar-refractivity contribution in [2.75, 3.05) is 0 Å². The zero-order valence-corrected chi connectivity index (χ0v) is 10.3. The fraction of sp³-hybridized carbons (Fsp3) is 0.273. The summed E-state index contributed by atoms with van der Waals surface area (Å²) >= 11 is 0. The molecule has 0 aliphatic heterocycles. The SMILES string of the molecule is O=C(O)C(NC(=O)C(F)(F)F)c1ccccc1OC(F)(F)F. The van der Waals surface area contributed by atoms with Gasteiger partial charge in [-0.3, -0.25) is 4.79 Å². The highest BCUT2D eigenvalue weighted by Gasteiger charge is 2.42. The monoisotopic (exact) mass is 331 g/mol. The molecule has 0 saturated carbocycles. The molecule has 0 fully saturated rings. The van der Waals surface area contributed by atoms with E-state index in [1.165, 1.54) is 0 Å². The molecule has 0 aliphatic carbocycles. The van der Waals surface area contributed by atoms with E-state index < -0.39 is 41.8 Å². The molecule has 122 valence electrons. The maximum atomic E-state index is 12.2. The average Bonchev–Trinajstić information content (AvgIpc) is 2.33. The lowest BCUT2D eigenvalue weighted by Gasteiger charge is -2.19. The number of carboxylic acid groups (broad SMARTS) is 1. The number of carbonyl (C=O) groups excluding carboxylic acids is 1. The molecule has 0 heterocycles. The third-order valence-electron chi connectivity index (χ3n) is 2.24. The Morgan fingerprint density at radius 3 is 2.09 bits per heavy atom. The van der Waals surface area contributed by atoms with Gasteiger partial charge in [0.25, 0.3) is 0 Å². The van der Waals surface area contributed by atoms with Gasteiger partial charge in [-0.05, 0) is 6.07 Å². The van der Waals surface area contributed by atoms with E-state index in [1.54, 1.807) is 0 Å². The van der Waals surface area contributed by atoms with Gasteiger partial charge in [-0.25, -0.2) is 4.79 Å². The van der Waals surface area contributed by atoms with E-state index in [-0.39, 0.29) is 0 Å². The lowest BCUT2D eigenvalue weighted by Crippen LogP contribution is -2.42. The van der Waals surface area contributed by atoms with Crippen molar-refractivity contribution in [2.45, 2.75) is 18.6 Å². The second-order valence-electron chi connectivity index (χ2n) is 3.83. The topological polar surface area (TPSA) is 75.6 Å². The minimum Gasteiger partial charge on any atom is -0.479 e. The molecule has 1 amide bonds. The number of amides is 1. The minimum atomic E-state index is -5.40. The van der Waals surface area contributed by atoms with E-state index in [0.29, 0.717) is 6.07 Å². The Morgan fingerprint density at radius 1 is 1.09 bits per heavy atom. The molecule has 1 aromatic rings. The van der Waals surface area contributed by atoms with Crippen LogP contribution < -0.4 is 10.1 Å². The van der Waals surface area contributed by atoms with Crippen molar-refractivity contribution in [3.8, 4) is 5.75 Å². The zero-order chi connectivity index (χ0) is 17.1. The number of para-hydroxylation sites is 1. The highest BCUT2D eigenvalue weighted by Crippen LogP contribution is 2.31. The van der Waals surface area contributed by atoms with Gasteiger partial charge in [0, 0.05) is 5.56 Å². The Bertz CT molecular complexity index is 568. The van der Waals surface area contributed by atoms with Crippen LogP contribution in [0.2, 0.25) is 0 Å².